The summed E-state index contributed by atoms with van der Waals surface area (Å²) >= 11 is 6.44. The summed E-state index contributed by atoms with van der Waals surface area (Å²) in [7, 11) is -3.46. The minimum atomic E-state index is -3.46. The molecule has 0 aliphatic carbocycles. The molecule has 3 aromatic carbocycles. The Kier molecular flexibility index (Phi) is 6.98. The second-order valence-corrected chi connectivity index (χ2v) is 11.2. The van der Waals surface area contributed by atoms with Gasteiger partial charge in [0.1, 0.15) is 5.82 Å². The van der Waals surface area contributed by atoms with E-state index in [0.717, 1.165) is 6.26 Å². The Morgan fingerprint density at radius 3 is 2.49 bits per heavy atom. The number of anilines is 3. The number of fused-ring (bicyclic) bond motifs is 1. The maximum atomic E-state index is 13.8. The Labute approximate surface area is 230 Å². The summed E-state index contributed by atoms with van der Waals surface area (Å²) in [6.07, 6.45) is 2.66. The molecule has 4 N–H and O–H groups in total. The molecule has 5 aromatic rings. The third-order valence-electron chi connectivity index (χ3n) is 6.12. The van der Waals surface area contributed by atoms with E-state index in [9.17, 15) is 13.2 Å². The summed E-state index contributed by atoms with van der Waals surface area (Å²) < 4.78 is 27.6. The van der Waals surface area contributed by atoms with E-state index in [2.05, 4.69) is 20.0 Å². The number of aromatic nitrogens is 3. The van der Waals surface area contributed by atoms with Crippen LogP contribution in [0.25, 0.3) is 27.6 Å². The van der Waals surface area contributed by atoms with Gasteiger partial charge >= 0.3 is 0 Å². The molecule has 1 atom stereocenters. The normalized spacial score (nSPS) is 12.3. The van der Waals surface area contributed by atoms with Crippen LogP contribution in [0.3, 0.4) is 0 Å². The van der Waals surface area contributed by atoms with Crippen molar-refractivity contribution in [1.29, 1.82) is 0 Å². The van der Waals surface area contributed by atoms with Crippen LogP contribution in [0.2, 0.25) is 5.02 Å². The van der Waals surface area contributed by atoms with E-state index in [4.69, 9.17) is 17.3 Å². The molecule has 0 saturated carbocycles. The number of rotatable bonds is 7. The van der Waals surface area contributed by atoms with E-state index < -0.39 is 16.1 Å². The number of halogens is 1. The van der Waals surface area contributed by atoms with Crippen LogP contribution >= 0.6 is 11.6 Å². The summed E-state index contributed by atoms with van der Waals surface area (Å²) in [5.41, 5.74) is 8.74. The summed E-state index contributed by atoms with van der Waals surface area (Å²) in [6, 6.07) is 23.1. The summed E-state index contributed by atoms with van der Waals surface area (Å²) in [5, 5.41) is 4.91. The van der Waals surface area contributed by atoms with Crippen molar-refractivity contribution in [2.24, 2.45) is 0 Å². The van der Waals surface area contributed by atoms with Crippen LogP contribution in [0.1, 0.15) is 18.7 Å². The number of nitrogen functional groups attached to an aromatic ring is 1. The first-order chi connectivity index (χ1) is 18.6. The molecule has 0 saturated heterocycles. The van der Waals surface area contributed by atoms with Gasteiger partial charge in [-0.3, -0.25) is 14.1 Å². The molecule has 0 aliphatic rings. The fraction of sp³-hybridized carbons (Fsp3) is 0.107. The minimum absolute atomic E-state index is 0.0598. The number of nitrogens with two attached hydrogens (primary N) is 1. The molecule has 11 heteroatoms. The van der Waals surface area contributed by atoms with Gasteiger partial charge in [0, 0.05) is 28.8 Å². The fourth-order valence-electron chi connectivity index (χ4n) is 4.46. The SMILES string of the molecule is C[C@H](Nc1nc(N)ncc1-c1cccc(NS(C)(=O)=O)c1)c1cc2cccc(Cl)c2c(=O)n1-c1ccccc1. The lowest BCUT2D eigenvalue weighted by atomic mass is 10.1. The van der Waals surface area contributed by atoms with E-state index in [1.54, 1.807) is 41.1 Å². The van der Waals surface area contributed by atoms with Crippen molar-refractivity contribution in [2.75, 3.05) is 22.0 Å². The van der Waals surface area contributed by atoms with Crippen molar-refractivity contribution in [3.8, 4) is 16.8 Å². The Morgan fingerprint density at radius 2 is 1.74 bits per heavy atom. The number of hydrogen-bond donors (Lipinski definition) is 3. The van der Waals surface area contributed by atoms with E-state index in [1.807, 2.05) is 55.5 Å². The van der Waals surface area contributed by atoms with E-state index in [1.165, 1.54) is 0 Å². The largest absolute Gasteiger partial charge is 0.368 e. The highest BCUT2D eigenvalue weighted by Gasteiger charge is 2.20. The quantitative estimate of drug-likeness (QED) is 0.248. The third kappa shape index (κ3) is 5.57. The average Bonchev–Trinajstić information content (AvgIpc) is 2.88. The zero-order chi connectivity index (χ0) is 27.7. The Hall–Kier alpha value is -4.41. The van der Waals surface area contributed by atoms with Crippen LogP contribution in [-0.2, 0) is 10.0 Å². The molecule has 0 unspecified atom stereocenters. The molecule has 0 aliphatic heterocycles. The monoisotopic (exact) mass is 560 g/mol. The van der Waals surface area contributed by atoms with Gasteiger partial charge in [0.05, 0.1) is 22.7 Å². The smallest absolute Gasteiger partial charge is 0.264 e. The Balaban J connectivity index is 1.63. The second kappa shape index (κ2) is 10.4. The van der Waals surface area contributed by atoms with Gasteiger partial charge in [0.25, 0.3) is 5.56 Å². The lowest BCUT2D eigenvalue weighted by Crippen LogP contribution is -2.26. The van der Waals surface area contributed by atoms with Crippen LogP contribution in [0, 0.1) is 0 Å². The molecule has 5 rings (SSSR count). The topological polar surface area (TPSA) is 132 Å². The molecule has 0 bridgehead atoms. The highest BCUT2D eigenvalue weighted by Crippen LogP contribution is 2.32. The van der Waals surface area contributed by atoms with Crippen LogP contribution in [-0.4, -0.2) is 29.2 Å². The molecule has 0 fully saturated rings. The highest BCUT2D eigenvalue weighted by atomic mass is 35.5. The first-order valence-corrected chi connectivity index (χ1v) is 14.2. The van der Waals surface area contributed by atoms with Gasteiger partial charge in [0.15, 0.2) is 0 Å². The van der Waals surface area contributed by atoms with Crippen molar-refractivity contribution >= 4 is 49.9 Å². The average molecular weight is 561 g/mol. The Morgan fingerprint density at radius 1 is 1.00 bits per heavy atom. The van der Waals surface area contributed by atoms with Crippen molar-refractivity contribution < 1.29 is 8.42 Å². The standard InChI is InChI=1S/C28H25ClN6O3S/c1-17(24-15-19-9-7-13-23(29)25(19)27(36)35(24)21-11-4-3-5-12-21)32-26-22(16-31-28(30)33-26)18-8-6-10-20(14-18)34-39(2,37)38/h3-17,34H,1-2H3,(H3,30,31,32,33)/t17-/m0/s1. The molecule has 9 nitrogen and oxygen atoms in total. The van der Waals surface area contributed by atoms with Crippen LogP contribution in [0.4, 0.5) is 17.5 Å². The second-order valence-electron chi connectivity index (χ2n) is 9.06. The van der Waals surface area contributed by atoms with Gasteiger partial charge < -0.3 is 11.1 Å². The van der Waals surface area contributed by atoms with Gasteiger partial charge in [-0.05, 0) is 54.3 Å². The maximum absolute atomic E-state index is 13.8. The van der Waals surface area contributed by atoms with Crippen molar-refractivity contribution in [3.05, 3.63) is 106 Å². The third-order valence-corrected chi connectivity index (χ3v) is 7.04. The van der Waals surface area contributed by atoms with Gasteiger partial charge in [0.2, 0.25) is 16.0 Å². The molecular formula is C28H25ClN6O3S. The fourth-order valence-corrected chi connectivity index (χ4v) is 5.28. The number of sulfonamides is 1. The Bertz CT molecular complexity index is 1860. The molecule has 198 valence electrons. The summed E-state index contributed by atoms with van der Waals surface area (Å²) in [4.78, 5) is 22.3. The van der Waals surface area contributed by atoms with Gasteiger partial charge in [-0.25, -0.2) is 13.4 Å². The lowest BCUT2D eigenvalue weighted by molar-refractivity contribution is 0.607. The zero-order valence-corrected chi connectivity index (χ0v) is 22.7. The van der Waals surface area contributed by atoms with Crippen LogP contribution < -0.4 is 21.3 Å². The molecule has 39 heavy (non-hydrogen) atoms. The van der Waals surface area contributed by atoms with Crippen molar-refractivity contribution in [1.82, 2.24) is 14.5 Å². The molecule has 0 amide bonds. The van der Waals surface area contributed by atoms with Crippen molar-refractivity contribution in [3.63, 3.8) is 0 Å². The maximum Gasteiger partial charge on any atom is 0.264 e. The van der Waals surface area contributed by atoms with E-state index in [-0.39, 0.29) is 11.5 Å². The number of nitrogens with one attached hydrogen (secondary N) is 2. The summed E-state index contributed by atoms with van der Waals surface area (Å²) in [6.45, 7) is 1.91. The van der Waals surface area contributed by atoms with Gasteiger partial charge in [-0.2, -0.15) is 4.98 Å². The predicted molar refractivity (Wildman–Crippen MR) is 157 cm³/mol. The molecule has 0 spiro atoms. The molecule has 2 aromatic heterocycles. The van der Waals surface area contributed by atoms with Gasteiger partial charge in [-0.1, -0.05) is 54.1 Å². The molecule has 0 radical (unpaired) electrons. The minimum Gasteiger partial charge on any atom is -0.368 e. The first kappa shape index (κ1) is 26.2. The number of hydrogen-bond acceptors (Lipinski definition) is 7. The first-order valence-electron chi connectivity index (χ1n) is 12.0. The highest BCUT2D eigenvalue weighted by molar-refractivity contribution is 7.92. The van der Waals surface area contributed by atoms with Gasteiger partial charge in [-0.15, -0.1) is 0 Å². The van der Waals surface area contributed by atoms with Crippen LogP contribution in [0.5, 0.6) is 0 Å². The number of benzene rings is 3. The number of pyridine rings is 1. The number of nitrogens with zero attached hydrogens (tertiary/aromatic N) is 3. The van der Waals surface area contributed by atoms with Crippen LogP contribution in [0.15, 0.2) is 89.9 Å². The number of para-hydroxylation sites is 1. The zero-order valence-electron chi connectivity index (χ0n) is 21.1. The summed E-state index contributed by atoms with van der Waals surface area (Å²) in [5.74, 6) is 0.481. The molecule has 2 heterocycles. The van der Waals surface area contributed by atoms with E-state index >= 15 is 0 Å². The molecular weight excluding hydrogens is 536 g/mol. The predicted octanol–water partition coefficient (Wildman–Crippen LogP) is 5.23. The lowest BCUT2D eigenvalue weighted by Gasteiger charge is -2.23. The van der Waals surface area contributed by atoms with E-state index in [0.29, 0.717) is 49.8 Å². The van der Waals surface area contributed by atoms with Crippen molar-refractivity contribution in [2.45, 2.75) is 13.0 Å².